The second-order valence-electron chi connectivity index (χ2n) is 5.85. The van der Waals surface area contributed by atoms with Crippen LogP contribution in [0.2, 0.25) is 0 Å². The van der Waals surface area contributed by atoms with E-state index in [4.69, 9.17) is 5.73 Å². The van der Waals surface area contributed by atoms with E-state index in [1.807, 2.05) is 29.2 Å². The van der Waals surface area contributed by atoms with Gasteiger partial charge in [-0.05, 0) is 49.9 Å². The quantitative estimate of drug-likeness (QED) is 0.874. The lowest BCUT2D eigenvalue weighted by atomic mass is 10.0. The van der Waals surface area contributed by atoms with Crippen LogP contribution in [0.5, 0.6) is 0 Å². The predicted molar refractivity (Wildman–Crippen MR) is 102 cm³/mol. The SMILES string of the molecule is CCCN(C)c1ccc(C(=O)N2CCCCC2CN)cc1.Cl.Cl. The lowest BCUT2D eigenvalue weighted by molar-refractivity contribution is 0.0623. The van der Waals surface area contributed by atoms with E-state index in [-0.39, 0.29) is 36.8 Å². The number of anilines is 1. The monoisotopic (exact) mass is 361 g/mol. The van der Waals surface area contributed by atoms with Crippen LogP contribution in [-0.4, -0.2) is 43.5 Å². The summed E-state index contributed by atoms with van der Waals surface area (Å²) < 4.78 is 0. The predicted octanol–water partition coefficient (Wildman–Crippen LogP) is 3.33. The van der Waals surface area contributed by atoms with Gasteiger partial charge in [0.05, 0.1) is 0 Å². The number of hydrogen-bond donors (Lipinski definition) is 1. The lowest BCUT2D eigenvalue weighted by Crippen LogP contribution is -2.47. The topological polar surface area (TPSA) is 49.6 Å². The van der Waals surface area contributed by atoms with Crippen LogP contribution in [0.3, 0.4) is 0 Å². The molecule has 2 N–H and O–H groups in total. The number of carbonyl (C=O) groups excluding carboxylic acids is 1. The van der Waals surface area contributed by atoms with Crippen molar-refractivity contribution >= 4 is 36.4 Å². The van der Waals surface area contributed by atoms with Gasteiger partial charge in [-0.25, -0.2) is 0 Å². The molecule has 1 atom stereocenters. The zero-order valence-corrected chi connectivity index (χ0v) is 15.7. The third-order valence-electron chi connectivity index (χ3n) is 4.27. The van der Waals surface area contributed by atoms with Gasteiger partial charge >= 0.3 is 0 Å². The maximum Gasteiger partial charge on any atom is 0.254 e. The van der Waals surface area contributed by atoms with Crippen molar-refractivity contribution in [1.82, 2.24) is 4.90 Å². The number of hydrogen-bond acceptors (Lipinski definition) is 3. The first-order valence-electron chi connectivity index (χ1n) is 7.99. The smallest absolute Gasteiger partial charge is 0.254 e. The first kappa shape index (κ1) is 22.0. The number of halogens is 2. The van der Waals surface area contributed by atoms with Crippen molar-refractivity contribution < 1.29 is 4.79 Å². The van der Waals surface area contributed by atoms with Crippen molar-refractivity contribution in [2.45, 2.75) is 38.6 Å². The molecule has 0 saturated carbocycles. The number of nitrogens with two attached hydrogens (primary N) is 1. The van der Waals surface area contributed by atoms with Crippen molar-refractivity contribution in [1.29, 1.82) is 0 Å². The van der Waals surface area contributed by atoms with E-state index in [0.29, 0.717) is 6.54 Å². The Bertz CT molecular complexity index is 467. The van der Waals surface area contributed by atoms with E-state index < -0.39 is 0 Å². The van der Waals surface area contributed by atoms with Crippen molar-refractivity contribution in [3.05, 3.63) is 29.8 Å². The maximum absolute atomic E-state index is 12.6. The average Bonchev–Trinajstić information content (AvgIpc) is 2.54. The summed E-state index contributed by atoms with van der Waals surface area (Å²) in [5.41, 5.74) is 7.73. The van der Waals surface area contributed by atoms with Crippen molar-refractivity contribution in [3.63, 3.8) is 0 Å². The van der Waals surface area contributed by atoms with Gasteiger partial charge in [0.15, 0.2) is 0 Å². The molecule has 0 aromatic heterocycles. The van der Waals surface area contributed by atoms with Gasteiger partial charge in [0, 0.05) is 44.0 Å². The number of nitrogens with zero attached hydrogens (tertiary/aromatic N) is 2. The van der Waals surface area contributed by atoms with Gasteiger partial charge in [-0.2, -0.15) is 0 Å². The van der Waals surface area contributed by atoms with Gasteiger partial charge < -0.3 is 15.5 Å². The zero-order valence-electron chi connectivity index (χ0n) is 14.0. The van der Waals surface area contributed by atoms with E-state index in [2.05, 4.69) is 18.9 Å². The van der Waals surface area contributed by atoms with Crippen LogP contribution < -0.4 is 10.6 Å². The zero-order chi connectivity index (χ0) is 15.2. The Kier molecular flexibility index (Phi) is 10.3. The minimum absolute atomic E-state index is 0. The molecule has 0 aliphatic carbocycles. The molecule has 2 rings (SSSR count). The molecule has 0 bridgehead atoms. The summed E-state index contributed by atoms with van der Waals surface area (Å²) in [6.45, 7) is 4.58. The number of piperidine rings is 1. The molecule has 6 heteroatoms. The minimum Gasteiger partial charge on any atom is -0.375 e. The molecule has 1 aliphatic heterocycles. The van der Waals surface area contributed by atoms with Crippen molar-refractivity contribution in [3.8, 4) is 0 Å². The number of amides is 1. The van der Waals surface area contributed by atoms with Crippen molar-refractivity contribution in [2.24, 2.45) is 5.73 Å². The fourth-order valence-electron chi connectivity index (χ4n) is 3.00. The standard InChI is InChI=1S/C17H27N3O.2ClH/c1-3-11-19(2)15-9-7-14(8-10-15)17(21)20-12-5-4-6-16(20)13-18;;/h7-10,16H,3-6,11-13,18H2,1-2H3;2*1H. The summed E-state index contributed by atoms with van der Waals surface area (Å²) in [4.78, 5) is 16.8. The van der Waals surface area contributed by atoms with Crippen LogP contribution in [0.4, 0.5) is 5.69 Å². The van der Waals surface area contributed by atoms with E-state index >= 15 is 0 Å². The van der Waals surface area contributed by atoms with Crippen LogP contribution in [-0.2, 0) is 0 Å². The second-order valence-corrected chi connectivity index (χ2v) is 5.85. The molecule has 1 fully saturated rings. The third kappa shape index (κ3) is 5.55. The summed E-state index contributed by atoms with van der Waals surface area (Å²) >= 11 is 0. The van der Waals surface area contributed by atoms with Gasteiger partial charge in [0.2, 0.25) is 0 Å². The molecule has 0 spiro atoms. The number of likely N-dealkylation sites (tertiary alicyclic amines) is 1. The van der Waals surface area contributed by atoms with E-state index in [0.717, 1.165) is 43.6 Å². The van der Waals surface area contributed by atoms with Gasteiger partial charge in [0.1, 0.15) is 0 Å². The van der Waals surface area contributed by atoms with Crippen LogP contribution in [0.25, 0.3) is 0 Å². The molecule has 1 heterocycles. The number of benzene rings is 1. The first-order valence-corrected chi connectivity index (χ1v) is 7.99. The highest BCUT2D eigenvalue weighted by Gasteiger charge is 2.26. The molecule has 4 nitrogen and oxygen atoms in total. The fraction of sp³-hybridized carbons (Fsp3) is 0.588. The fourth-order valence-corrected chi connectivity index (χ4v) is 3.00. The van der Waals surface area contributed by atoms with Gasteiger partial charge in [-0.1, -0.05) is 6.92 Å². The molecular weight excluding hydrogens is 333 g/mol. The Balaban J connectivity index is 0.00000242. The van der Waals surface area contributed by atoms with Gasteiger partial charge in [0.25, 0.3) is 5.91 Å². The van der Waals surface area contributed by atoms with Crippen LogP contribution in [0, 0.1) is 0 Å². The minimum atomic E-state index is 0. The molecule has 23 heavy (non-hydrogen) atoms. The van der Waals surface area contributed by atoms with Gasteiger partial charge in [-0.3, -0.25) is 4.79 Å². The first-order chi connectivity index (χ1) is 10.2. The lowest BCUT2D eigenvalue weighted by Gasteiger charge is -2.35. The molecule has 1 saturated heterocycles. The van der Waals surface area contributed by atoms with E-state index in [9.17, 15) is 4.79 Å². The van der Waals surface area contributed by atoms with Gasteiger partial charge in [-0.15, -0.1) is 24.8 Å². The normalized spacial score (nSPS) is 17.0. The molecule has 1 aromatic carbocycles. The Hall–Kier alpha value is -0.970. The molecular formula is C17H29Cl2N3O. The molecule has 1 aliphatic rings. The Morgan fingerprint density at radius 2 is 1.91 bits per heavy atom. The number of rotatable bonds is 5. The van der Waals surface area contributed by atoms with Crippen molar-refractivity contribution in [2.75, 3.05) is 31.6 Å². The summed E-state index contributed by atoms with van der Waals surface area (Å²) in [6.07, 6.45) is 4.40. The van der Waals surface area contributed by atoms with E-state index in [1.165, 1.54) is 6.42 Å². The highest BCUT2D eigenvalue weighted by Crippen LogP contribution is 2.20. The molecule has 1 aromatic rings. The largest absolute Gasteiger partial charge is 0.375 e. The maximum atomic E-state index is 12.6. The molecule has 1 amide bonds. The molecule has 0 radical (unpaired) electrons. The number of carbonyl (C=O) groups is 1. The van der Waals surface area contributed by atoms with Crippen LogP contribution in [0.15, 0.2) is 24.3 Å². The summed E-state index contributed by atoms with van der Waals surface area (Å²) in [7, 11) is 2.08. The Morgan fingerprint density at radius 3 is 2.48 bits per heavy atom. The van der Waals surface area contributed by atoms with Crippen LogP contribution >= 0.6 is 24.8 Å². The molecule has 1 unspecified atom stereocenters. The summed E-state index contributed by atoms with van der Waals surface area (Å²) in [5.74, 6) is 0.120. The summed E-state index contributed by atoms with van der Waals surface area (Å²) in [6, 6.07) is 8.14. The average molecular weight is 362 g/mol. The van der Waals surface area contributed by atoms with Crippen LogP contribution in [0.1, 0.15) is 43.0 Å². The Morgan fingerprint density at radius 1 is 1.26 bits per heavy atom. The second kappa shape index (κ2) is 10.7. The highest BCUT2D eigenvalue weighted by atomic mass is 35.5. The molecule has 132 valence electrons. The van der Waals surface area contributed by atoms with E-state index in [1.54, 1.807) is 0 Å². The Labute approximate surface area is 152 Å². The summed E-state index contributed by atoms with van der Waals surface area (Å²) in [5, 5.41) is 0. The third-order valence-corrected chi connectivity index (χ3v) is 4.27. The highest BCUT2D eigenvalue weighted by molar-refractivity contribution is 5.94.